The van der Waals surface area contributed by atoms with Crippen LogP contribution in [0.25, 0.3) is 0 Å². The zero-order chi connectivity index (χ0) is 22.1. The maximum Gasteiger partial charge on any atom is 0.276 e. The van der Waals surface area contributed by atoms with Crippen LogP contribution in [0.1, 0.15) is 5.69 Å². The van der Waals surface area contributed by atoms with E-state index < -0.39 is 34.9 Å². The number of β-lactam (4-membered cyclic amide) rings is 1. The second kappa shape index (κ2) is 8.35. The van der Waals surface area contributed by atoms with E-state index in [1.54, 1.807) is 17.0 Å². The lowest BCUT2D eigenvalue weighted by Gasteiger charge is -2.50. The Hall–Kier alpha value is -3.45. The third kappa shape index (κ3) is 3.84. The third-order valence-corrected chi connectivity index (χ3v) is 6.77. The first-order valence-corrected chi connectivity index (χ1v) is 10.9. The molecule has 4 N–H and O–H groups in total. The molecule has 0 saturated carbocycles. The molecule has 2 unspecified atom stereocenters. The van der Waals surface area contributed by atoms with E-state index in [2.05, 4.69) is 15.5 Å². The molecule has 11 nitrogen and oxygen atoms in total. The Morgan fingerprint density at radius 1 is 1.39 bits per heavy atom. The van der Waals surface area contributed by atoms with Crippen LogP contribution in [0.5, 0.6) is 0 Å². The van der Waals surface area contributed by atoms with Crippen molar-refractivity contribution >= 4 is 51.7 Å². The molecule has 160 valence electrons. The Balaban J connectivity index is 1.52. The molecule has 31 heavy (non-hydrogen) atoms. The fraction of sp³-hybridized carbons (Fsp3) is 0.222. The maximum absolute atomic E-state index is 12.7. The van der Waals surface area contributed by atoms with Gasteiger partial charge in [-0.25, -0.2) is 9.55 Å². The molecule has 0 bridgehead atoms. The van der Waals surface area contributed by atoms with Gasteiger partial charge in [0.05, 0.1) is 11.7 Å². The van der Waals surface area contributed by atoms with E-state index in [0.717, 1.165) is 16.2 Å². The monoisotopic (exact) mass is 460 g/mol. The standard InChI is InChI=1S/C18H16N6O5S2/c19-18-20-10(8-31-18)11(22-29)14(25)21-12-15(26)24-13(17(27)28)9(7-30-16(12)24)6-23-4-2-1-3-5-23/h1-5,8,12,16H,6-7H2,(H4-,19,20,21,25,27,28,29). The Morgan fingerprint density at radius 2 is 2.13 bits per heavy atom. The van der Waals surface area contributed by atoms with Crippen molar-refractivity contribution in [2.24, 2.45) is 5.16 Å². The second-order valence-electron chi connectivity index (χ2n) is 6.67. The van der Waals surface area contributed by atoms with Gasteiger partial charge in [-0.05, 0) is 0 Å². The average Bonchev–Trinajstić information content (AvgIpc) is 3.18. The highest BCUT2D eigenvalue weighted by atomic mass is 32.2. The van der Waals surface area contributed by atoms with Crippen LogP contribution in [0, 0.1) is 0 Å². The molecule has 2 aromatic rings. The molecule has 0 aliphatic carbocycles. The van der Waals surface area contributed by atoms with Gasteiger partial charge in [-0.3, -0.25) is 14.5 Å². The summed E-state index contributed by atoms with van der Waals surface area (Å²) in [7, 11) is 0. The van der Waals surface area contributed by atoms with Gasteiger partial charge in [0.25, 0.3) is 11.8 Å². The summed E-state index contributed by atoms with van der Waals surface area (Å²) in [4.78, 5) is 42.1. The number of carbonyl (C=O) groups excluding carboxylic acids is 3. The Bertz CT molecular complexity index is 1120. The number of thiazole rings is 1. The lowest BCUT2D eigenvalue weighted by Crippen LogP contribution is -2.71. The molecule has 0 aromatic carbocycles. The van der Waals surface area contributed by atoms with Crippen molar-refractivity contribution in [1.82, 2.24) is 15.2 Å². The first kappa shape index (κ1) is 20.8. The number of rotatable bonds is 6. The molecular weight excluding hydrogens is 444 g/mol. The highest BCUT2D eigenvalue weighted by molar-refractivity contribution is 8.00. The number of carbonyl (C=O) groups is 3. The van der Waals surface area contributed by atoms with Crippen molar-refractivity contribution in [3.05, 3.63) is 52.9 Å². The number of aromatic nitrogens is 2. The maximum atomic E-state index is 12.7. The summed E-state index contributed by atoms with van der Waals surface area (Å²) in [6, 6.07) is 4.49. The number of hydrogen-bond donors (Lipinski definition) is 3. The number of hydrogen-bond acceptors (Lipinski definition) is 10. The number of nitrogens with two attached hydrogens (primary N) is 1. The number of amides is 2. The summed E-state index contributed by atoms with van der Waals surface area (Å²) in [5.41, 5.74) is 5.57. The van der Waals surface area contributed by atoms with Crippen LogP contribution in [0.2, 0.25) is 0 Å². The Labute approximate surface area is 183 Å². The number of oxime groups is 1. The zero-order valence-electron chi connectivity index (χ0n) is 15.8. The SMILES string of the molecule is Nc1nc(/C(=N\O)C(=O)NC2C(=O)N3C(C(=O)[O-])=C(C[n+]4ccccc4)CSC23)cs1. The molecule has 0 radical (unpaired) electrons. The van der Waals surface area contributed by atoms with Crippen LogP contribution in [-0.2, 0) is 20.9 Å². The minimum absolute atomic E-state index is 0.0694. The smallest absolute Gasteiger partial charge is 0.276 e. The lowest BCUT2D eigenvalue weighted by molar-refractivity contribution is -0.689. The van der Waals surface area contributed by atoms with E-state index in [0.29, 0.717) is 11.3 Å². The Morgan fingerprint density at radius 3 is 2.74 bits per heavy atom. The van der Waals surface area contributed by atoms with Crippen molar-refractivity contribution in [2.45, 2.75) is 18.0 Å². The summed E-state index contributed by atoms with van der Waals surface area (Å²) in [6.07, 6.45) is 3.58. The third-order valence-electron chi connectivity index (χ3n) is 4.76. The quantitative estimate of drug-likeness (QED) is 0.151. The van der Waals surface area contributed by atoms with E-state index in [4.69, 9.17) is 5.73 Å². The molecule has 2 aliphatic rings. The summed E-state index contributed by atoms with van der Waals surface area (Å²) in [6.45, 7) is 0.289. The average molecular weight is 460 g/mol. The van der Waals surface area contributed by atoms with Crippen molar-refractivity contribution in [2.75, 3.05) is 11.5 Å². The van der Waals surface area contributed by atoms with E-state index in [9.17, 15) is 24.7 Å². The summed E-state index contributed by atoms with van der Waals surface area (Å²) >= 11 is 2.39. The molecule has 2 atom stereocenters. The predicted octanol–water partition coefficient (Wildman–Crippen LogP) is -1.70. The van der Waals surface area contributed by atoms with E-state index >= 15 is 0 Å². The van der Waals surface area contributed by atoms with Crippen LogP contribution in [0.4, 0.5) is 5.13 Å². The van der Waals surface area contributed by atoms with E-state index in [-0.39, 0.29) is 23.1 Å². The largest absolute Gasteiger partial charge is 0.543 e. The number of anilines is 1. The van der Waals surface area contributed by atoms with Crippen LogP contribution in [0.3, 0.4) is 0 Å². The fourth-order valence-corrected chi connectivity index (χ4v) is 5.26. The van der Waals surface area contributed by atoms with Gasteiger partial charge in [-0.1, -0.05) is 11.2 Å². The number of nitrogens with one attached hydrogen (secondary N) is 1. The predicted molar refractivity (Wildman–Crippen MR) is 109 cm³/mol. The summed E-state index contributed by atoms with van der Waals surface area (Å²) < 4.78 is 1.80. The molecule has 2 amide bonds. The number of fused-ring (bicyclic) bond motifs is 1. The van der Waals surface area contributed by atoms with Gasteiger partial charge in [-0.15, -0.1) is 23.1 Å². The summed E-state index contributed by atoms with van der Waals surface area (Å²) in [5.74, 6) is -2.52. The van der Waals surface area contributed by atoms with Gasteiger partial charge < -0.3 is 26.2 Å². The van der Waals surface area contributed by atoms with Crippen LogP contribution in [0.15, 0.2) is 52.4 Å². The van der Waals surface area contributed by atoms with Gasteiger partial charge >= 0.3 is 0 Å². The van der Waals surface area contributed by atoms with E-state index in [1.165, 1.54) is 17.1 Å². The molecule has 4 heterocycles. The molecule has 1 fully saturated rings. The molecule has 13 heteroatoms. The van der Waals surface area contributed by atoms with Crippen LogP contribution in [-0.4, -0.2) is 55.8 Å². The molecule has 1 saturated heterocycles. The Kier molecular flexibility index (Phi) is 5.61. The van der Waals surface area contributed by atoms with Crippen LogP contribution < -0.4 is 20.7 Å². The number of carboxylic acids is 1. The first-order valence-electron chi connectivity index (χ1n) is 8.97. The molecule has 4 rings (SSSR count). The van der Waals surface area contributed by atoms with Gasteiger partial charge in [0.15, 0.2) is 29.8 Å². The minimum atomic E-state index is -1.45. The molecular formula is C18H16N6O5S2. The first-order chi connectivity index (χ1) is 14.9. The van der Waals surface area contributed by atoms with Crippen molar-refractivity contribution in [3.63, 3.8) is 0 Å². The van der Waals surface area contributed by atoms with Crippen LogP contribution >= 0.6 is 23.1 Å². The number of thioether (sulfide) groups is 1. The zero-order valence-corrected chi connectivity index (χ0v) is 17.4. The van der Waals surface area contributed by atoms with E-state index in [1.807, 2.05) is 18.2 Å². The van der Waals surface area contributed by atoms with Gasteiger partial charge in [-0.2, -0.15) is 0 Å². The van der Waals surface area contributed by atoms with Gasteiger partial charge in [0.2, 0.25) is 0 Å². The fourth-order valence-electron chi connectivity index (χ4n) is 3.37. The minimum Gasteiger partial charge on any atom is -0.543 e. The van der Waals surface area contributed by atoms with Crippen molar-refractivity contribution < 1.29 is 29.3 Å². The normalized spacial score (nSPS) is 20.8. The number of nitrogens with zero attached hydrogens (tertiary/aromatic N) is 4. The molecule has 2 aromatic heterocycles. The topological polar surface area (TPSA) is 165 Å². The highest BCUT2D eigenvalue weighted by Gasteiger charge is 2.53. The second-order valence-corrected chi connectivity index (χ2v) is 8.66. The number of pyridine rings is 1. The van der Waals surface area contributed by atoms with Crippen molar-refractivity contribution in [1.29, 1.82) is 0 Å². The lowest BCUT2D eigenvalue weighted by atomic mass is 10.0. The number of aliphatic carboxylic acids is 1. The van der Waals surface area contributed by atoms with Gasteiger partial charge in [0.1, 0.15) is 17.1 Å². The molecule has 0 spiro atoms. The highest BCUT2D eigenvalue weighted by Crippen LogP contribution is 2.40. The van der Waals surface area contributed by atoms with Crippen molar-refractivity contribution in [3.8, 4) is 0 Å². The summed E-state index contributed by atoms with van der Waals surface area (Å²) in [5, 5.41) is 27.5. The molecule has 2 aliphatic heterocycles. The number of nitrogen functional groups attached to an aromatic ring is 1. The van der Waals surface area contributed by atoms with Gasteiger partial charge in [0, 0.05) is 28.8 Å². The number of carboxylic acid groups (broad SMARTS) is 1.